The molecule has 0 radical (unpaired) electrons. The molecule has 4 fully saturated rings. The van der Waals surface area contributed by atoms with E-state index in [1.165, 1.54) is 19.3 Å². The van der Waals surface area contributed by atoms with Crippen molar-refractivity contribution in [2.75, 3.05) is 14.2 Å². The summed E-state index contributed by atoms with van der Waals surface area (Å²) in [5.41, 5.74) is 0. The third-order valence-corrected chi connectivity index (χ3v) is 18.0. The highest BCUT2D eigenvalue weighted by molar-refractivity contribution is 5.83. The van der Waals surface area contributed by atoms with Gasteiger partial charge in [-0.3, -0.25) is 0 Å². The van der Waals surface area contributed by atoms with Crippen molar-refractivity contribution in [1.82, 2.24) is 0 Å². The number of ether oxygens (including phenoxy) is 10. The van der Waals surface area contributed by atoms with Crippen LogP contribution < -0.4 is 0 Å². The highest BCUT2D eigenvalue weighted by Gasteiger charge is 2.55. The summed E-state index contributed by atoms with van der Waals surface area (Å²) in [7, 11) is 3.13. The van der Waals surface area contributed by atoms with E-state index in [1.807, 2.05) is 68.4 Å². The second kappa shape index (κ2) is 27.3. The molecule has 16 heteroatoms. The fourth-order valence-corrected chi connectivity index (χ4v) is 12.6. The minimum absolute atomic E-state index is 0.0578. The standard InChI is InChI=1S/C58H96O16/c1-17-43-40(12)73-57(65-15,29-46(43)69-50-27-33(5)34(6)39(11)67-50)37(9)52(62)35(7)55-31(3)23-19-21-26-49(61)72-56(32(4)24-20-22-25-48(60)71-55)36(8)53(63)38(10)58(66-16)30-47(44(18-2)41(13)74-58)70-51-28-45(59)54(64)42(14)68-51/h19-26,31-47,50-56,59,62-64H,17-18,27-30H2,1-16H3. The van der Waals surface area contributed by atoms with Gasteiger partial charge in [-0.2, -0.15) is 0 Å². The monoisotopic (exact) mass is 1050 g/mol. The minimum atomic E-state index is -1.32. The van der Waals surface area contributed by atoms with Crippen molar-refractivity contribution < 1.29 is 77.4 Å². The minimum Gasteiger partial charge on any atom is -0.458 e. The summed E-state index contributed by atoms with van der Waals surface area (Å²) in [5.74, 6) is -6.27. The van der Waals surface area contributed by atoms with Crippen LogP contribution in [0.3, 0.4) is 0 Å². The largest absolute Gasteiger partial charge is 0.458 e. The molecule has 424 valence electrons. The Kier molecular flexibility index (Phi) is 23.0. The van der Waals surface area contributed by atoms with Crippen LogP contribution in [-0.2, 0) is 57.0 Å². The predicted molar refractivity (Wildman–Crippen MR) is 279 cm³/mol. The lowest BCUT2D eigenvalue weighted by Crippen LogP contribution is -2.60. The maximum atomic E-state index is 13.7. The van der Waals surface area contributed by atoms with Crippen LogP contribution in [0.1, 0.15) is 135 Å². The molecule has 0 spiro atoms. The fraction of sp³-hybridized carbons (Fsp3) is 0.828. The van der Waals surface area contributed by atoms with Gasteiger partial charge in [0.05, 0.1) is 54.9 Å². The molecule has 5 rings (SSSR count). The van der Waals surface area contributed by atoms with Crippen LogP contribution in [0.15, 0.2) is 48.6 Å². The lowest BCUT2D eigenvalue weighted by atomic mass is 9.76. The molecule has 0 saturated carbocycles. The van der Waals surface area contributed by atoms with Gasteiger partial charge in [-0.1, -0.05) is 106 Å². The van der Waals surface area contributed by atoms with Gasteiger partial charge in [0.1, 0.15) is 18.3 Å². The molecule has 16 nitrogen and oxygen atoms in total. The van der Waals surface area contributed by atoms with E-state index in [4.69, 9.17) is 47.4 Å². The Morgan fingerprint density at radius 3 is 1.39 bits per heavy atom. The van der Waals surface area contributed by atoms with E-state index >= 15 is 0 Å². The Balaban J connectivity index is 1.31. The first-order chi connectivity index (χ1) is 34.9. The van der Waals surface area contributed by atoms with Crippen LogP contribution in [-0.4, -0.2) is 144 Å². The molecule has 26 unspecified atom stereocenters. The van der Waals surface area contributed by atoms with E-state index in [-0.39, 0.29) is 55.4 Å². The molecule has 0 aromatic carbocycles. The van der Waals surface area contributed by atoms with Gasteiger partial charge in [0.15, 0.2) is 24.2 Å². The number of methoxy groups -OCH3 is 2. The topological polar surface area (TPSA) is 207 Å². The zero-order valence-corrected chi connectivity index (χ0v) is 47.4. The average molecular weight is 1050 g/mol. The first-order valence-electron chi connectivity index (χ1n) is 27.8. The van der Waals surface area contributed by atoms with E-state index in [1.54, 1.807) is 44.4 Å². The quantitative estimate of drug-likeness (QED) is 0.108. The highest BCUT2D eigenvalue weighted by Crippen LogP contribution is 2.47. The molecule has 4 saturated heterocycles. The van der Waals surface area contributed by atoms with Gasteiger partial charge < -0.3 is 67.8 Å². The maximum Gasteiger partial charge on any atom is 0.331 e. The maximum absolute atomic E-state index is 13.7. The summed E-state index contributed by atoms with van der Waals surface area (Å²) in [6, 6.07) is 0. The smallest absolute Gasteiger partial charge is 0.331 e. The number of aliphatic hydroxyl groups excluding tert-OH is 4. The Morgan fingerprint density at radius 1 is 0.608 bits per heavy atom. The summed E-state index contributed by atoms with van der Waals surface area (Å²) >= 11 is 0. The van der Waals surface area contributed by atoms with Crippen molar-refractivity contribution in [2.45, 2.75) is 233 Å². The van der Waals surface area contributed by atoms with Gasteiger partial charge in [-0.25, -0.2) is 9.59 Å². The molecular weight excluding hydrogens is 953 g/mol. The highest BCUT2D eigenvalue weighted by atomic mass is 16.7. The van der Waals surface area contributed by atoms with E-state index < -0.39 is 114 Å². The summed E-state index contributed by atoms with van der Waals surface area (Å²) in [4.78, 5) is 27.3. The lowest BCUT2D eigenvalue weighted by molar-refractivity contribution is -0.352. The van der Waals surface area contributed by atoms with Gasteiger partial charge in [-0.15, -0.1) is 0 Å². The lowest BCUT2D eigenvalue weighted by Gasteiger charge is -2.52. The van der Waals surface area contributed by atoms with Crippen LogP contribution >= 0.6 is 0 Å². The second-order valence-electron chi connectivity index (χ2n) is 22.8. The summed E-state index contributed by atoms with van der Waals surface area (Å²) in [5, 5.41) is 45.3. The number of hydrogen-bond acceptors (Lipinski definition) is 16. The summed E-state index contributed by atoms with van der Waals surface area (Å²) in [6.07, 6.45) is 6.97. The second-order valence-corrected chi connectivity index (χ2v) is 22.8. The van der Waals surface area contributed by atoms with Crippen LogP contribution in [0.2, 0.25) is 0 Å². The first kappa shape index (κ1) is 62.3. The van der Waals surface area contributed by atoms with Gasteiger partial charge in [0.25, 0.3) is 0 Å². The molecule has 4 N–H and O–H groups in total. The van der Waals surface area contributed by atoms with E-state index in [9.17, 15) is 30.0 Å². The Labute approximate surface area is 442 Å². The number of esters is 2. The molecular formula is C58H96O16. The van der Waals surface area contributed by atoms with Gasteiger partial charge in [0, 0.05) is 99.4 Å². The van der Waals surface area contributed by atoms with Crippen molar-refractivity contribution in [1.29, 1.82) is 0 Å². The van der Waals surface area contributed by atoms with Crippen molar-refractivity contribution in [2.24, 2.45) is 59.2 Å². The zero-order valence-electron chi connectivity index (χ0n) is 47.4. The van der Waals surface area contributed by atoms with Crippen molar-refractivity contribution >= 4 is 11.9 Å². The Hall–Kier alpha value is -2.58. The van der Waals surface area contributed by atoms with E-state index in [0.29, 0.717) is 18.3 Å². The summed E-state index contributed by atoms with van der Waals surface area (Å²) in [6.45, 7) is 27.5. The fourth-order valence-electron chi connectivity index (χ4n) is 12.6. The zero-order chi connectivity index (χ0) is 55.0. The number of allylic oxidation sites excluding steroid dienone is 4. The van der Waals surface area contributed by atoms with Gasteiger partial charge in [0.2, 0.25) is 0 Å². The number of rotatable bonds is 16. The molecule has 26 atom stereocenters. The van der Waals surface area contributed by atoms with Gasteiger partial charge >= 0.3 is 11.9 Å². The van der Waals surface area contributed by atoms with E-state index in [2.05, 4.69) is 27.7 Å². The molecule has 5 heterocycles. The van der Waals surface area contributed by atoms with Crippen molar-refractivity contribution in [3.8, 4) is 0 Å². The average Bonchev–Trinajstić information content (AvgIpc) is 3.36. The van der Waals surface area contributed by atoms with Crippen LogP contribution in [0.5, 0.6) is 0 Å². The van der Waals surface area contributed by atoms with Crippen molar-refractivity contribution in [3.63, 3.8) is 0 Å². The Morgan fingerprint density at radius 2 is 1.01 bits per heavy atom. The molecule has 5 aliphatic rings. The molecule has 0 bridgehead atoms. The van der Waals surface area contributed by atoms with E-state index in [0.717, 1.165) is 19.3 Å². The number of carbonyl (C=O) groups excluding carboxylic acids is 2. The van der Waals surface area contributed by atoms with Crippen LogP contribution in [0.25, 0.3) is 0 Å². The third kappa shape index (κ3) is 14.6. The van der Waals surface area contributed by atoms with Crippen LogP contribution in [0.4, 0.5) is 0 Å². The summed E-state index contributed by atoms with van der Waals surface area (Å²) < 4.78 is 63.8. The third-order valence-electron chi connectivity index (χ3n) is 18.0. The molecule has 0 aromatic heterocycles. The molecule has 0 aliphatic carbocycles. The molecule has 5 aliphatic heterocycles. The first-order valence-corrected chi connectivity index (χ1v) is 27.8. The van der Waals surface area contributed by atoms with Gasteiger partial charge in [-0.05, 0) is 52.4 Å². The predicted octanol–water partition coefficient (Wildman–Crippen LogP) is 7.98. The van der Waals surface area contributed by atoms with Crippen molar-refractivity contribution in [3.05, 3.63) is 48.6 Å². The number of hydrogen-bond donors (Lipinski definition) is 4. The normalized spacial score (nSPS) is 43.4. The Bertz CT molecular complexity index is 1740. The van der Waals surface area contributed by atoms with Crippen LogP contribution in [0, 0.1) is 59.2 Å². The number of aliphatic hydroxyl groups is 4. The number of cyclic esters (lactones) is 2. The molecule has 0 aromatic rings. The number of carbonyl (C=O) groups is 2. The SMILES string of the molecule is CCC1C(C)OC(OC)(C(C)C(O)C(C)C2OC(=O)C=CC=CC(C)C(C(C)C(O)C(C)C3(OC)CC(OC4CC(O)C(O)C(C)O4)C(CC)C(C)O3)OC(=O)C=CC=CC2C)CC1OC1CC(C)C(C)C(C)O1. The molecule has 0 amide bonds. The molecule has 74 heavy (non-hydrogen) atoms.